The molecule has 0 atom stereocenters. The van der Waals surface area contributed by atoms with E-state index in [1.54, 1.807) is 6.08 Å². The number of thioether (sulfide) groups is 1. The van der Waals surface area contributed by atoms with Crippen molar-refractivity contribution < 1.29 is 9.53 Å². The van der Waals surface area contributed by atoms with Crippen molar-refractivity contribution in [2.24, 2.45) is 0 Å². The molecule has 0 unspecified atom stereocenters. The third kappa shape index (κ3) is 3.13. The fraction of sp³-hybridized carbons (Fsp3) is 0.167. The minimum absolute atomic E-state index is 0.160. The topological polar surface area (TPSA) is 38.3 Å². The molecule has 1 N–H and O–H groups in total. The fourth-order valence-corrected chi connectivity index (χ4v) is 2.90. The molecule has 1 saturated heterocycles. The molecule has 0 spiro atoms. The van der Waals surface area contributed by atoms with Crippen LogP contribution in [-0.4, -0.2) is 16.8 Å². The Bertz CT molecular complexity index is 543. The Kier molecular flexibility index (Phi) is 4.42. The van der Waals surface area contributed by atoms with E-state index < -0.39 is 0 Å². The Labute approximate surface area is 123 Å². The molecule has 0 radical (unpaired) electrons. The maximum Gasteiger partial charge on any atom is 0.263 e. The highest BCUT2D eigenvalue weighted by Crippen LogP contribution is 2.30. The number of ether oxygens (including phenoxy) is 1. The molecule has 1 aromatic carbocycles. The summed E-state index contributed by atoms with van der Waals surface area (Å²) in [6.07, 6.45) is 1.79. The molecule has 1 aliphatic heterocycles. The number of rotatable bonds is 3. The third-order valence-electron chi connectivity index (χ3n) is 2.20. The van der Waals surface area contributed by atoms with Crippen LogP contribution < -0.4 is 10.1 Å². The van der Waals surface area contributed by atoms with Gasteiger partial charge in [-0.2, -0.15) is 0 Å². The van der Waals surface area contributed by atoms with Gasteiger partial charge in [0.25, 0.3) is 5.91 Å². The first kappa shape index (κ1) is 13.6. The molecule has 0 bridgehead atoms. The monoisotopic (exact) mass is 343 g/mol. The summed E-state index contributed by atoms with van der Waals surface area (Å²) in [5.74, 6) is 0.590. The SMILES string of the molecule is CCOc1ccc(Br)cc1/C=C1/SC(=S)NC1=O. The second-order valence-electron chi connectivity index (χ2n) is 3.47. The van der Waals surface area contributed by atoms with Gasteiger partial charge in [-0.25, -0.2) is 0 Å². The first-order valence-electron chi connectivity index (χ1n) is 5.27. The average Bonchev–Trinajstić information content (AvgIpc) is 2.61. The molecule has 1 heterocycles. The zero-order valence-corrected chi connectivity index (χ0v) is 12.7. The quantitative estimate of drug-likeness (QED) is 0.674. The molecule has 3 nitrogen and oxygen atoms in total. The zero-order chi connectivity index (χ0) is 13.1. The van der Waals surface area contributed by atoms with Gasteiger partial charge in [-0.15, -0.1) is 0 Å². The molecule has 0 aliphatic carbocycles. The number of hydrogen-bond donors (Lipinski definition) is 1. The molecular weight excluding hydrogens is 334 g/mol. The van der Waals surface area contributed by atoms with E-state index >= 15 is 0 Å². The smallest absolute Gasteiger partial charge is 0.263 e. The molecule has 2 rings (SSSR count). The van der Waals surface area contributed by atoms with E-state index in [1.165, 1.54) is 11.8 Å². The van der Waals surface area contributed by atoms with Gasteiger partial charge in [0.2, 0.25) is 0 Å². The molecule has 18 heavy (non-hydrogen) atoms. The van der Waals surface area contributed by atoms with Crippen LogP contribution >= 0.6 is 39.9 Å². The van der Waals surface area contributed by atoms with Crippen molar-refractivity contribution in [1.82, 2.24) is 5.32 Å². The van der Waals surface area contributed by atoms with E-state index in [2.05, 4.69) is 21.2 Å². The van der Waals surface area contributed by atoms with Crippen molar-refractivity contribution in [1.29, 1.82) is 0 Å². The number of halogens is 1. The van der Waals surface area contributed by atoms with Gasteiger partial charge in [0, 0.05) is 10.0 Å². The van der Waals surface area contributed by atoms with Crippen LogP contribution in [0.2, 0.25) is 0 Å². The van der Waals surface area contributed by atoms with Gasteiger partial charge in [-0.1, -0.05) is 39.9 Å². The van der Waals surface area contributed by atoms with Crippen molar-refractivity contribution in [2.45, 2.75) is 6.92 Å². The predicted molar refractivity (Wildman–Crippen MR) is 81.6 cm³/mol. The summed E-state index contributed by atoms with van der Waals surface area (Å²) in [7, 11) is 0. The van der Waals surface area contributed by atoms with Crippen LogP contribution in [0.1, 0.15) is 12.5 Å². The summed E-state index contributed by atoms with van der Waals surface area (Å²) in [6.45, 7) is 2.50. The highest BCUT2D eigenvalue weighted by atomic mass is 79.9. The number of thiocarbonyl (C=S) groups is 1. The van der Waals surface area contributed by atoms with Crippen molar-refractivity contribution >= 4 is 56.2 Å². The second-order valence-corrected chi connectivity index (χ2v) is 6.10. The number of benzene rings is 1. The summed E-state index contributed by atoms with van der Waals surface area (Å²) in [5, 5.41) is 2.59. The lowest BCUT2D eigenvalue weighted by Crippen LogP contribution is -2.17. The maximum atomic E-state index is 11.6. The van der Waals surface area contributed by atoms with Crippen molar-refractivity contribution in [3.8, 4) is 5.75 Å². The summed E-state index contributed by atoms with van der Waals surface area (Å²) >= 11 is 9.62. The minimum Gasteiger partial charge on any atom is -0.493 e. The van der Waals surface area contributed by atoms with E-state index in [-0.39, 0.29) is 5.91 Å². The first-order valence-corrected chi connectivity index (χ1v) is 7.29. The van der Waals surface area contributed by atoms with Crippen LogP contribution in [0.4, 0.5) is 0 Å². The number of hydrogen-bond acceptors (Lipinski definition) is 4. The van der Waals surface area contributed by atoms with Crippen molar-refractivity contribution in [3.63, 3.8) is 0 Å². The van der Waals surface area contributed by atoms with E-state index in [4.69, 9.17) is 17.0 Å². The molecular formula is C12H10BrNO2S2. The van der Waals surface area contributed by atoms with E-state index in [1.807, 2.05) is 25.1 Å². The highest BCUT2D eigenvalue weighted by Gasteiger charge is 2.22. The lowest BCUT2D eigenvalue weighted by atomic mass is 10.2. The molecule has 1 aliphatic rings. The lowest BCUT2D eigenvalue weighted by Gasteiger charge is -2.07. The molecule has 94 valence electrons. The number of nitrogens with one attached hydrogen (secondary N) is 1. The summed E-state index contributed by atoms with van der Waals surface area (Å²) < 4.78 is 6.94. The molecule has 1 amide bonds. The van der Waals surface area contributed by atoms with Gasteiger partial charge in [0.15, 0.2) is 0 Å². The Morgan fingerprint density at radius 2 is 2.33 bits per heavy atom. The van der Waals surface area contributed by atoms with Gasteiger partial charge in [-0.3, -0.25) is 4.79 Å². The molecule has 6 heteroatoms. The molecule has 1 fully saturated rings. The van der Waals surface area contributed by atoms with Gasteiger partial charge in [0.05, 0.1) is 11.5 Å². The fourth-order valence-electron chi connectivity index (χ4n) is 1.48. The summed E-state index contributed by atoms with van der Waals surface area (Å²) in [5.41, 5.74) is 0.855. The van der Waals surface area contributed by atoms with Crippen LogP contribution in [0.3, 0.4) is 0 Å². The van der Waals surface area contributed by atoms with Crippen LogP contribution in [0.15, 0.2) is 27.6 Å². The summed E-state index contributed by atoms with van der Waals surface area (Å²) in [4.78, 5) is 12.2. The minimum atomic E-state index is -0.160. The van der Waals surface area contributed by atoms with Crippen LogP contribution in [0, 0.1) is 0 Å². The Morgan fingerprint density at radius 1 is 1.56 bits per heavy atom. The lowest BCUT2D eigenvalue weighted by molar-refractivity contribution is -0.115. The van der Waals surface area contributed by atoms with E-state index in [0.29, 0.717) is 15.8 Å². The van der Waals surface area contributed by atoms with E-state index in [0.717, 1.165) is 15.8 Å². The van der Waals surface area contributed by atoms with E-state index in [9.17, 15) is 4.79 Å². The average molecular weight is 344 g/mol. The van der Waals surface area contributed by atoms with Crippen molar-refractivity contribution in [2.75, 3.05) is 6.61 Å². The number of amides is 1. The number of carbonyl (C=O) groups is 1. The van der Waals surface area contributed by atoms with Gasteiger partial charge < -0.3 is 10.1 Å². The first-order chi connectivity index (χ1) is 8.60. The van der Waals surface area contributed by atoms with Gasteiger partial charge in [0.1, 0.15) is 10.1 Å². The largest absolute Gasteiger partial charge is 0.493 e. The van der Waals surface area contributed by atoms with Crippen LogP contribution in [0.5, 0.6) is 5.75 Å². The van der Waals surface area contributed by atoms with Gasteiger partial charge >= 0.3 is 0 Å². The van der Waals surface area contributed by atoms with Gasteiger partial charge in [-0.05, 0) is 31.2 Å². The summed E-state index contributed by atoms with van der Waals surface area (Å²) in [6, 6.07) is 5.68. The zero-order valence-electron chi connectivity index (χ0n) is 9.53. The molecule has 0 saturated carbocycles. The van der Waals surface area contributed by atoms with Crippen molar-refractivity contribution in [3.05, 3.63) is 33.1 Å². The Balaban J connectivity index is 2.38. The molecule has 1 aromatic rings. The standard InChI is InChI=1S/C12H10BrNO2S2/c1-2-16-9-4-3-8(13)5-7(9)6-10-11(15)14-12(17)18-10/h3-6H,2H2,1H3,(H,14,15,17)/b10-6+. The Hall–Kier alpha value is -0.850. The normalized spacial score (nSPS) is 17.1. The third-order valence-corrected chi connectivity index (χ3v) is 3.86. The molecule has 0 aromatic heterocycles. The predicted octanol–water partition coefficient (Wildman–Crippen LogP) is 3.34. The number of carbonyl (C=O) groups excluding carboxylic acids is 1. The maximum absolute atomic E-state index is 11.6. The van der Waals surface area contributed by atoms with Crippen LogP contribution in [0.25, 0.3) is 6.08 Å². The second kappa shape index (κ2) is 5.86. The highest BCUT2D eigenvalue weighted by molar-refractivity contribution is 9.10. The van der Waals surface area contributed by atoms with Crippen LogP contribution in [-0.2, 0) is 4.79 Å². The Morgan fingerprint density at radius 3 is 2.94 bits per heavy atom.